The fraction of sp³-hybridized carbons (Fsp3) is 0.467. The van der Waals surface area contributed by atoms with Crippen LogP contribution in [0.15, 0.2) is 29.2 Å². The van der Waals surface area contributed by atoms with Gasteiger partial charge in [-0.05, 0) is 25.0 Å². The average Bonchev–Trinajstić information content (AvgIpc) is 2.43. The summed E-state index contributed by atoms with van der Waals surface area (Å²) >= 11 is 0. The number of carbonyl (C=O) groups excluding carboxylic acids is 1. The predicted octanol–water partition coefficient (Wildman–Crippen LogP) is 2.45. The lowest BCUT2D eigenvalue weighted by Crippen LogP contribution is -2.35. The minimum absolute atomic E-state index is 0.0915. The Balaban J connectivity index is 3.18. The van der Waals surface area contributed by atoms with Gasteiger partial charge in [-0.1, -0.05) is 26.0 Å². The third-order valence-corrected chi connectivity index (χ3v) is 4.78. The van der Waals surface area contributed by atoms with Crippen LogP contribution in [0.2, 0.25) is 0 Å². The molecule has 0 radical (unpaired) electrons. The van der Waals surface area contributed by atoms with Gasteiger partial charge >= 0.3 is 0 Å². The minimum Gasteiger partial charge on any atom is -0.295 e. The van der Waals surface area contributed by atoms with Crippen molar-refractivity contribution >= 4 is 15.8 Å². The van der Waals surface area contributed by atoms with Crippen molar-refractivity contribution in [2.75, 3.05) is 13.1 Å². The quantitative estimate of drug-likeness (QED) is 0.725. The number of nitrogens with zero attached hydrogens (tertiary/aromatic N) is 2. The molecule has 0 atom stereocenters. The van der Waals surface area contributed by atoms with Crippen molar-refractivity contribution in [2.24, 2.45) is 5.92 Å². The van der Waals surface area contributed by atoms with Crippen LogP contribution >= 0.6 is 0 Å². The van der Waals surface area contributed by atoms with Gasteiger partial charge in [0.25, 0.3) is 0 Å². The van der Waals surface area contributed by atoms with Crippen LogP contribution in [-0.2, 0) is 10.0 Å². The van der Waals surface area contributed by atoms with E-state index >= 15 is 0 Å². The molecule has 114 valence electrons. The zero-order valence-corrected chi connectivity index (χ0v) is 13.4. The van der Waals surface area contributed by atoms with Gasteiger partial charge in [0, 0.05) is 25.1 Å². The summed E-state index contributed by atoms with van der Waals surface area (Å²) in [4.78, 5) is 11.5. The number of sulfonamides is 1. The molecule has 1 rings (SSSR count). The predicted molar refractivity (Wildman–Crippen MR) is 80.3 cm³/mol. The molecule has 0 heterocycles. The number of benzene rings is 1. The van der Waals surface area contributed by atoms with Crippen LogP contribution in [0.4, 0.5) is 0 Å². The van der Waals surface area contributed by atoms with E-state index in [4.69, 9.17) is 5.26 Å². The fourth-order valence-corrected chi connectivity index (χ4v) is 3.57. The van der Waals surface area contributed by atoms with Gasteiger partial charge in [-0.15, -0.1) is 0 Å². The monoisotopic (exact) mass is 308 g/mol. The highest BCUT2D eigenvalue weighted by atomic mass is 32.2. The summed E-state index contributed by atoms with van der Waals surface area (Å²) in [6, 6.07) is 7.97. The Bertz CT molecular complexity index is 645. The van der Waals surface area contributed by atoms with E-state index in [0.717, 1.165) is 0 Å². The van der Waals surface area contributed by atoms with Gasteiger partial charge in [0.05, 0.1) is 11.0 Å². The normalized spacial score (nSPS) is 11.6. The Morgan fingerprint density at radius 1 is 1.38 bits per heavy atom. The van der Waals surface area contributed by atoms with E-state index in [-0.39, 0.29) is 29.6 Å². The van der Waals surface area contributed by atoms with Gasteiger partial charge in [-0.3, -0.25) is 4.79 Å². The van der Waals surface area contributed by atoms with Crippen molar-refractivity contribution in [3.8, 4) is 6.07 Å². The number of ketones is 1. The van der Waals surface area contributed by atoms with Crippen LogP contribution in [-0.4, -0.2) is 31.6 Å². The number of hydrogen-bond donors (Lipinski definition) is 0. The smallest absolute Gasteiger partial charge is 0.243 e. The van der Waals surface area contributed by atoms with E-state index in [1.165, 1.54) is 23.4 Å². The van der Waals surface area contributed by atoms with Crippen LogP contribution in [0.3, 0.4) is 0 Å². The summed E-state index contributed by atoms with van der Waals surface area (Å²) in [6.07, 6.45) is 0.137. The number of rotatable bonds is 7. The van der Waals surface area contributed by atoms with Crippen LogP contribution in [0.1, 0.15) is 37.6 Å². The van der Waals surface area contributed by atoms with Gasteiger partial charge in [0.2, 0.25) is 10.0 Å². The van der Waals surface area contributed by atoms with Crippen molar-refractivity contribution in [3.05, 3.63) is 29.8 Å². The Morgan fingerprint density at radius 3 is 2.57 bits per heavy atom. The molecule has 0 saturated carbocycles. The van der Waals surface area contributed by atoms with E-state index in [9.17, 15) is 13.2 Å². The molecule has 21 heavy (non-hydrogen) atoms. The molecule has 0 aromatic heterocycles. The molecule has 5 nitrogen and oxygen atoms in total. The summed E-state index contributed by atoms with van der Waals surface area (Å²) in [5.41, 5.74) is 0.362. The maximum atomic E-state index is 12.7. The molecular weight excluding hydrogens is 288 g/mol. The maximum absolute atomic E-state index is 12.7. The summed E-state index contributed by atoms with van der Waals surface area (Å²) in [7, 11) is -3.69. The van der Waals surface area contributed by atoms with Gasteiger partial charge in [-0.2, -0.15) is 9.57 Å². The van der Waals surface area contributed by atoms with Crippen LogP contribution < -0.4 is 0 Å². The van der Waals surface area contributed by atoms with E-state index in [1.54, 1.807) is 12.1 Å². The van der Waals surface area contributed by atoms with Crippen LogP contribution in [0.25, 0.3) is 0 Å². The maximum Gasteiger partial charge on any atom is 0.243 e. The van der Waals surface area contributed by atoms with Gasteiger partial charge in [0.15, 0.2) is 5.78 Å². The number of hydrogen-bond acceptors (Lipinski definition) is 4. The summed E-state index contributed by atoms with van der Waals surface area (Å²) < 4.78 is 26.6. The van der Waals surface area contributed by atoms with E-state index in [1.807, 2.05) is 19.9 Å². The second kappa shape index (κ2) is 7.34. The largest absolute Gasteiger partial charge is 0.295 e. The molecule has 0 saturated heterocycles. The van der Waals surface area contributed by atoms with Crippen molar-refractivity contribution in [3.63, 3.8) is 0 Å². The molecule has 0 aliphatic rings. The molecule has 1 aromatic rings. The second-order valence-electron chi connectivity index (χ2n) is 5.25. The highest BCUT2D eigenvalue weighted by Crippen LogP contribution is 2.19. The minimum atomic E-state index is -3.69. The molecular formula is C15H20N2O3S. The third-order valence-electron chi connectivity index (χ3n) is 2.92. The Labute approximate surface area is 126 Å². The van der Waals surface area contributed by atoms with Crippen LogP contribution in [0, 0.1) is 17.2 Å². The highest BCUT2D eigenvalue weighted by Gasteiger charge is 2.25. The summed E-state index contributed by atoms with van der Waals surface area (Å²) in [6.45, 7) is 5.73. The topological polar surface area (TPSA) is 78.2 Å². The second-order valence-corrected chi connectivity index (χ2v) is 7.19. The SMILES string of the molecule is CC(=O)c1cccc(S(=O)(=O)N(CCC#N)CC(C)C)c1. The van der Waals surface area contributed by atoms with Crippen molar-refractivity contribution < 1.29 is 13.2 Å². The fourth-order valence-electron chi connectivity index (χ4n) is 1.92. The highest BCUT2D eigenvalue weighted by molar-refractivity contribution is 7.89. The third kappa shape index (κ3) is 4.66. The lowest BCUT2D eigenvalue weighted by molar-refractivity contribution is 0.101. The van der Waals surface area contributed by atoms with Gasteiger partial charge in [0.1, 0.15) is 0 Å². The van der Waals surface area contributed by atoms with Gasteiger partial charge in [-0.25, -0.2) is 8.42 Å². The van der Waals surface area contributed by atoms with Crippen molar-refractivity contribution in [2.45, 2.75) is 32.1 Å². The van der Waals surface area contributed by atoms with Gasteiger partial charge < -0.3 is 0 Å². The number of Topliss-reactive ketones (excluding diaryl/α,β-unsaturated/α-hetero) is 1. The lowest BCUT2D eigenvalue weighted by atomic mass is 10.2. The zero-order chi connectivity index (χ0) is 16.0. The number of nitriles is 1. The van der Waals surface area contributed by atoms with Crippen molar-refractivity contribution in [1.29, 1.82) is 5.26 Å². The molecule has 0 aliphatic heterocycles. The Kier molecular flexibility index (Phi) is 6.06. The van der Waals surface area contributed by atoms with Crippen molar-refractivity contribution in [1.82, 2.24) is 4.31 Å². The van der Waals surface area contributed by atoms with E-state index in [0.29, 0.717) is 12.1 Å². The van der Waals surface area contributed by atoms with Crippen LogP contribution in [0.5, 0.6) is 0 Å². The zero-order valence-electron chi connectivity index (χ0n) is 12.5. The summed E-state index contributed by atoms with van der Waals surface area (Å²) in [5, 5.41) is 8.69. The molecule has 0 fully saturated rings. The molecule has 0 unspecified atom stereocenters. The van der Waals surface area contributed by atoms with E-state index < -0.39 is 10.0 Å². The Hall–Kier alpha value is -1.71. The first kappa shape index (κ1) is 17.3. The molecule has 0 N–H and O–H groups in total. The Morgan fingerprint density at radius 2 is 2.05 bits per heavy atom. The first-order valence-electron chi connectivity index (χ1n) is 6.77. The average molecular weight is 308 g/mol. The lowest BCUT2D eigenvalue weighted by Gasteiger charge is -2.23. The molecule has 1 aromatic carbocycles. The number of carbonyl (C=O) groups is 1. The molecule has 0 spiro atoms. The van der Waals surface area contributed by atoms with E-state index in [2.05, 4.69) is 0 Å². The molecule has 0 aliphatic carbocycles. The molecule has 0 amide bonds. The molecule has 0 bridgehead atoms. The first-order chi connectivity index (χ1) is 9.78. The molecule has 6 heteroatoms. The first-order valence-corrected chi connectivity index (χ1v) is 8.21. The summed E-state index contributed by atoms with van der Waals surface area (Å²) in [5.74, 6) is -0.0334. The standard InChI is InChI=1S/C15H20N2O3S/c1-12(2)11-17(9-5-8-16)21(19,20)15-7-4-6-14(10-15)13(3)18/h4,6-7,10,12H,5,9,11H2,1-3H3.